The molecule has 3 aromatic rings. The first-order valence-electron chi connectivity index (χ1n) is 9.44. The third kappa shape index (κ3) is 5.11. The summed E-state index contributed by atoms with van der Waals surface area (Å²) in [5.74, 6) is 1.59. The number of benzene rings is 1. The molecule has 2 heterocycles. The van der Waals surface area contributed by atoms with Gasteiger partial charge in [0.15, 0.2) is 5.82 Å². The van der Waals surface area contributed by atoms with E-state index < -0.39 is 10.0 Å². The Bertz CT molecular complexity index is 1070. The first-order valence-corrected chi connectivity index (χ1v) is 11.1. The number of ether oxygens (including phenoxy) is 1. The number of aromatic nitrogens is 4. The molecule has 9 heteroatoms. The standard InChI is InChI=1S/C20H25N5O3S/c1-5-6-13-29(26,27)24-17-7-9-18(10-8-17)28-20-12-11-19(21-22-20)25-16(4)14(2)15(3)23-25/h7-12,24H,5-6,13H2,1-4H3. The zero-order chi connectivity index (χ0) is 21.0. The molecule has 0 atom stereocenters. The van der Waals surface area contributed by atoms with E-state index >= 15 is 0 Å². The molecule has 0 aliphatic carbocycles. The lowest BCUT2D eigenvalue weighted by Gasteiger charge is -2.09. The predicted molar refractivity (Wildman–Crippen MR) is 112 cm³/mol. The van der Waals surface area contributed by atoms with Gasteiger partial charge in [-0.05, 0) is 63.1 Å². The van der Waals surface area contributed by atoms with Gasteiger partial charge in [0.2, 0.25) is 15.9 Å². The second-order valence-electron chi connectivity index (χ2n) is 6.84. The lowest BCUT2D eigenvalue weighted by atomic mass is 10.2. The van der Waals surface area contributed by atoms with Gasteiger partial charge < -0.3 is 4.74 Å². The molecule has 3 rings (SSSR count). The Labute approximate surface area is 171 Å². The number of sulfonamides is 1. The zero-order valence-electron chi connectivity index (χ0n) is 17.0. The Morgan fingerprint density at radius 2 is 1.76 bits per heavy atom. The summed E-state index contributed by atoms with van der Waals surface area (Å²) in [6, 6.07) is 10.2. The fraction of sp³-hybridized carbons (Fsp3) is 0.350. The number of rotatable bonds is 8. The Balaban J connectivity index is 1.67. The molecule has 0 bridgehead atoms. The zero-order valence-corrected chi connectivity index (χ0v) is 17.8. The molecule has 0 amide bonds. The summed E-state index contributed by atoms with van der Waals surface area (Å²) < 4.78 is 33.9. The van der Waals surface area contributed by atoms with Crippen molar-refractivity contribution in [2.24, 2.45) is 0 Å². The number of nitrogens with zero attached hydrogens (tertiary/aromatic N) is 4. The van der Waals surface area contributed by atoms with Gasteiger partial charge >= 0.3 is 0 Å². The fourth-order valence-corrected chi connectivity index (χ4v) is 3.97. The predicted octanol–water partition coefficient (Wildman–Crippen LogP) is 3.92. The molecule has 0 saturated heterocycles. The lowest BCUT2D eigenvalue weighted by molar-refractivity contribution is 0.454. The number of nitrogens with one attached hydrogen (secondary N) is 1. The second-order valence-corrected chi connectivity index (χ2v) is 8.68. The fourth-order valence-electron chi connectivity index (χ4n) is 2.70. The van der Waals surface area contributed by atoms with Crippen LogP contribution in [0.4, 0.5) is 5.69 Å². The first kappa shape index (κ1) is 20.8. The van der Waals surface area contributed by atoms with Gasteiger partial charge in [0, 0.05) is 17.4 Å². The minimum Gasteiger partial charge on any atom is -0.438 e. The Morgan fingerprint density at radius 3 is 2.31 bits per heavy atom. The maximum atomic E-state index is 12.0. The van der Waals surface area contributed by atoms with E-state index in [1.807, 2.05) is 27.7 Å². The molecule has 2 aromatic heterocycles. The molecule has 0 fully saturated rings. The molecule has 0 saturated carbocycles. The first-order chi connectivity index (χ1) is 13.8. The molecule has 0 spiro atoms. The van der Waals surface area contributed by atoms with Gasteiger partial charge in [-0.15, -0.1) is 10.2 Å². The third-order valence-corrected chi connectivity index (χ3v) is 5.99. The number of hydrogen-bond donors (Lipinski definition) is 1. The van der Waals surface area contributed by atoms with E-state index in [4.69, 9.17) is 4.74 Å². The van der Waals surface area contributed by atoms with Crippen molar-refractivity contribution >= 4 is 15.7 Å². The molecular formula is C20H25N5O3S. The van der Waals surface area contributed by atoms with Crippen molar-refractivity contribution < 1.29 is 13.2 Å². The minimum absolute atomic E-state index is 0.110. The van der Waals surface area contributed by atoms with Gasteiger partial charge in [0.1, 0.15) is 5.75 Å². The van der Waals surface area contributed by atoms with E-state index in [9.17, 15) is 8.42 Å². The number of hydrogen-bond acceptors (Lipinski definition) is 6. The largest absolute Gasteiger partial charge is 0.438 e. The van der Waals surface area contributed by atoms with Gasteiger partial charge in [-0.25, -0.2) is 13.1 Å². The summed E-state index contributed by atoms with van der Waals surface area (Å²) in [4.78, 5) is 0. The molecule has 8 nitrogen and oxygen atoms in total. The molecule has 0 aliphatic rings. The monoisotopic (exact) mass is 415 g/mol. The summed E-state index contributed by atoms with van der Waals surface area (Å²) in [6.07, 6.45) is 1.45. The van der Waals surface area contributed by atoms with Crippen molar-refractivity contribution in [2.45, 2.75) is 40.5 Å². The smallest absolute Gasteiger partial charge is 0.238 e. The minimum atomic E-state index is -3.33. The lowest BCUT2D eigenvalue weighted by Crippen LogP contribution is -2.16. The number of aryl methyl sites for hydroxylation is 1. The summed E-state index contributed by atoms with van der Waals surface area (Å²) in [7, 11) is -3.33. The van der Waals surface area contributed by atoms with E-state index in [0.717, 1.165) is 23.4 Å². The van der Waals surface area contributed by atoms with E-state index in [-0.39, 0.29) is 5.75 Å². The Kier molecular flexibility index (Phi) is 6.17. The highest BCUT2D eigenvalue weighted by atomic mass is 32.2. The maximum Gasteiger partial charge on any atom is 0.238 e. The topological polar surface area (TPSA) is 99.0 Å². The molecule has 29 heavy (non-hydrogen) atoms. The number of unbranched alkanes of at least 4 members (excludes halogenated alkanes) is 1. The van der Waals surface area contributed by atoms with E-state index in [0.29, 0.717) is 29.6 Å². The third-order valence-electron chi connectivity index (χ3n) is 4.61. The van der Waals surface area contributed by atoms with Crippen molar-refractivity contribution in [3.63, 3.8) is 0 Å². The summed E-state index contributed by atoms with van der Waals surface area (Å²) in [5, 5.41) is 12.8. The van der Waals surface area contributed by atoms with Crippen LogP contribution in [0.2, 0.25) is 0 Å². The summed E-state index contributed by atoms with van der Waals surface area (Å²) in [6.45, 7) is 7.92. The molecule has 1 aromatic carbocycles. The molecule has 0 unspecified atom stereocenters. The normalized spacial score (nSPS) is 11.4. The summed E-state index contributed by atoms with van der Waals surface area (Å²) in [5.41, 5.74) is 3.59. The SMILES string of the molecule is CCCCS(=O)(=O)Nc1ccc(Oc2ccc(-n3nc(C)c(C)c3C)nn2)cc1. The van der Waals surface area contributed by atoms with Crippen LogP contribution in [-0.4, -0.2) is 34.1 Å². The Hall–Kier alpha value is -2.94. The van der Waals surface area contributed by atoms with Crippen LogP contribution in [0.15, 0.2) is 36.4 Å². The van der Waals surface area contributed by atoms with Gasteiger partial charge in [-0.3, -0.25) is 4.72 Å². The average molecular weight is 416 g/mol. The molecule has 1 N–H and O–H groups in total. The Morgan fingerprint density at radius 1 is 1.03 bits per heavy atom. The highest BCUT2D eigenvalue weighted by Gasteiger charge is 2.12. The van der Waals surface area contributed by atoms with Crippen LogP contribution >= 0.6 is 0 Å². The van der Waals surface area contributed by atoms with E-state index in [2.05, 4.69) is 20.0 Å². The quantitative estimate of drug-likeness (QED) is 0.599. The van der Waals surface area contributed by atoms with Crippen LogP contribution in [0, 0.1) is 20.8 Å². The van der Waals surface area contributed by atoms with Crippen LogP contribution in [0.5, 0.6) is 11.6 Å². The van der Waals surface area contributed by atoms with Crippen molar-refractivity contribution in [2.75, 3.05) is 10.5 Å². The van der Waals surface area contributed by atoms with Gasteiger partial charge in [-0.1, -0.05) is 13.3 Å². The van der Waals surface area contributed by atoms with Crippen molar-refractivity contribution in [3.05, 3.63) is 53.3 Å². The van der Waals surface area contributed by atoms with Crippen molar-refractivity contribution in [3.8, 4) is 17.4 Å². The van der Waals surface area contributed by atoms with Crippen molar-refractivity contribution in [1.29, 1.82) is 0 Å². The average Bonchev–Trinajstić information content (AvgIpc) is 2.96. The summed E-state index contributed by atoms with van der Waals surface area (Å²) >= 11 is 0. The highest BCUT2D eigenvalue weighted by molar-refractivity contribution is 7.92. The highest BCUT2D eigenvalue weighted by Crippen LogP contribution is 2.23. The van der Waals surface area contributed by atoms with Crippen LogP contribution in [-0.2, 0) is 10.0 Å². The van der Waals surface area contributed by atoms with Crippen LogP contribution in [0.25, 0.3) is 5.82 Å². The van der Waals surface area contributed by atoms with Crippen LogP contribution in [0.1, 0.15) is 36.7 Å². The van der Waals surface area contributed by atoms with Crippen molar-refractivity contribution in [1.82, 2.24) is 20.0 Å². The van der Waals surface area contributed by atoms with E-state index in [1.54, 1.807) is 41.1 Å². The second kappa shape index (κ2) is 8.60. The van der Waals surface area contributed by atoms with Gasteiger partial charge in [0.25, 0.3) is 0 Å². The molecule has 0 aliphatic heterocycles. The molecular weight excluding hydrogens is 390 g/mol. The van der Waals surface area contributed by atoms with E-state index in [1.165, 1.54) is 0 Å². The van der Waals surface area contributed by atoms with Crippen LogP contribution in [0.3, 0.4) is 0 Å². The molecule has 0 radical (unpaired) electrons. The molecule has 154 valence electrons. The van der Waals surface area contributed by atoms with Gasteiger partial charge in [-0.2, -0.15) is 5.10 Å². The number of anilines is 1. The van der Waals surface area contributed by atoms with Crippen LogP contribution < -0.4 is 9.46 Å². The maximum absolute atomic E-state index is 12.0. The van der Waals surface area contributed by atoms with Gasteiger partial charge in [0.05, 0.1) is 11.4 Å².